The van der Waals surface area contributed by atoms with Crippen molar-refractivity contribution >= 4 is 17.5 Å². The van der Waals surface area contributed by atoms with Gasteiger partial charge in [-0.25, -0.2) is 0 Å². The standard InChI is InChI=1S/C16H25ClN2O/c1-5-8-19(11-16(3,4)10-18)15(20)13-6-7-14(17)12(2)9-13/h6-7,9H,5,8,10-11,18H2,1-4H3. The monoisotopic (exact) mass is 296 g/mol. The fraction of sp³-hybridized carbons (Fsp3) is 0.562. The average molecular weight is 297 g/mol. The summed E-state index contributed by atoms with van der Waals surface area (Å²) >= 11 is 6.01. The van der Waals surface area contributed by atoms with Gasteiger partial charge >= 0.3 is 0 Å². The number of rotatable bonds is 6. The molecule has 0 bridgehead atoms. The molecular formula is C16H25ClN2O. The summed E-state index contributed by atoms with van der Waals surface area (Å²) in [5.74, 6) is 0.0492. The third-order valence-electron chi connectivity index (χ3n) is 3.36. The number of nitrogens with two attached hydrogens (primary N) is 1. The summed E-state index contributed by atoms with van der Waals surface area (Å²) in [5.41, 5.74) is 7.31. The van der Waals surface area contributed by atoms with E-state index in [-0.39, 0.29) is 11.3 Å². The predicted octanol–water partition coefficient (Wildman–Crippen LogP) is 3.49. The molecular weight excluding hydrogens is 272 g/mol. The first kappa shape index (κ1) is 17.0. The van der Waals surface area contributed by atoms with E-state index in [0.29, 0.717) is 23.7 Å². The lowest BCUT2D eigenvalue weighted by molar-refractivity contribution is 0.0689. The fourth-order valence-electron chi connectivity index (χ4n) is 2.06. The molecule has 3 nitrogen and oxygen atoms in total. The highest BCUT2D eigenvalue weighted by molar-refractivity contribution is 6.31. The lowest BCUT2D eigenvalue weighted by Crippen LogP contribution is -2.42. The van der Waals surface area contributed by atoms with Crippen LogP contribution in [-0.4, -0.2) is 30.4 Å². The second-order valence-corrected chi connectivity index (χ2v) is 6.47. The Hall–Kier alpha value is -1.06. The lowest BCUT2D eigenvalue weighted by Gasteiger charge is -2.32. The van der Waals surface area contributed by atoms with Crippen molar-refractivity contribution in [1.29, 1.82) is 0 Å². The van der Waals surface area contributed by atoms with E-state index in [1.165, 1.54) is 0 Å². The molecule has 0 aliphatic rings. The van der Waals surface area contributed by atoms with E-state index in [1.54, 1.807) is 12.1 Å². The average Bonchev–Trinajstić information content (AvgIpc) is 2.40. The van der Waals surface area contributed by atoms with E-state index in [1.807, 2.05) is 17.9 Å². The molecule has 1 aromatic carbocycles. The molecule has 20 heavy (non-hydrogen) atoms. The van der Waals surface area contributed by atoms with E-state index < -0.39 is 0 Å². The van der Waals surface area contributed by atoms with Crippen molar-refractivity contribution in [1.82, 2.24) is 4.90 Å². The first-order valence-corrected chi connectivity index (χ1v) is 7.44. The van der Waals surface area contributed by atoms with Crippen LogP contribution in [0.5, 0.6) is 0 Å². The van der Waals surface area contributed by atoms with Crippen LogP contribution in [0.2, 0.25) is 5.02 Å². The molecule has 1 amide bonds. The van der Waals surface area contributed by atoms with Crippen molar-refractivity contribution in [3.05, 3.63) is 34.3 Å². The van der Waals surface area contributed by atoms with Crippen LogP contribution in [0.15, 0.2) is 18.2 Å². The van der Waals surface area contributed by atoms with E-state index in [0.717, 1.165) is 18.5 Å². The van der Waals surface area contributed by atoms with Crippen molar-refractivity contribution in [2.75, 3.05) is 19.6 Å². The van der Waals surface area contributed by atoms with Gasteiger partial charge in [0.05, 0.1) is 0 Å². The van der Waals surface area contributed by atoms with Crippen molar-refractivity contribution in [2.24, 2.45) is 11.1 Å². The number of benzene rings is 1. The number of amides is 1. The number of carbonyl (C=O) groups excluding carboxylic acids is 1. The molecule has 0 fully saturated rings. The highest BCUT2D eigenvalue weighted by Gasteiger charge is 2.24. The maximum atomic E-state index is 12.6. The zero-order valence-electron chi connectivity index (χ0n) is 12.9. The summed E-state index contributed by atoms with van der Waals surface area (Å²) in [5, 5.41) is 0.686. The van der Waals surface area contributed by atoms with Crippen LogP contribution in [0, 0.1) is 12.3 Å². The van der Waals surface area contributed by atoms with Crippen LogP contribution in [0.25, 0.3) is 0 Å². The number of halogens is 1. The molecule has 0 saturated heterocycles. The largest absolute Gasteiger partial charge is 0.338 e. The van der Waals surface area contributed by atoms with Gasteiger partial charge in [0.1, 0.15) is 0 Å². The Bertz CT molecular complexity index is 472. The van der Waals surface area contributed by atoms with Crippen LogP contribution in [0.1, 0.15) is 43.1 Å². The molecule has 0 unspecified atom stereocenters. The fourth-order valence-corrected chi connectivity index (χ4v) is 2.18. The Balaban J connectivity index is 2.96. The Morgan fingerprint density at radius 3 is 2.55 bits per heavy atom. The number of hydrogen-bond acceptors (Lipinski definition) is 2. The summed E-state index contributed by atoms with van der Waals surface area (Å²) in [6.45, 7) is 10.1. The minimum atomic E-state index is -0.0771. The number of nitrogens with zero attached hydrogens (tertiary/aromatic N) is 1. The Kier molecular flexibility index (Phi) is 6.03. The molecule has 4 heteroatoms. The predicted molar refractivity (Wildman–Crippen MR) is 85.2 cm³/mol. The SMILES string of the molecule is CCCN(CC(C)(C)CN)C(=O)c1ccc(Cl)c(C)c1. The molecule has 0 radical (unpaired) electrons. The zero-order chi connectivity index (χ0) is 15.3. The molecule has 112 valence electrons. The van der Waals surface area contributed by atoms with Crippen LogP contribution in [-0.2, 0) is 0 Å². The summed E-state index contributed by atoms with van der Waals surface area (Å²) in [7, 11) is 0. The number of aryl methyl sites for hydroxylation is 1. The second kappa shape index (κ2) is 7.09. The van der Waals surface area contributed by atoms with Crippen LogP contribution < -0.4 is 5.73 Å². The first-order valence-electron chi connectivity index (χ1n) is 7.06. The zero-order valence-corrected chi connectivity index (χ0v) is 13.6. The van der Waals surface area contributed by atoms with Crippen molar-refractivity contribution in [3.63, 3.8) is 0 Å². The molecule has 1 aromatic rings. The quantitative estimate of drug-likeness (QED) is 0.873. The smallest absolute Gasteiger partial charge is 0.253 e. The Morgan fingerprint density at radius 1 is 1.40 bits per heavy atom. The third-order valence-corrected chi connectivity index (χ3v) is 3.78. The molecule has 0 aromatic heterocycles. The number of carbonyl (C=O) groups is 1. The van der Waals surface area contributed by atoms with Crippen molar-refractivity contribution in [2.45, 2.75) is 34.1 Å². The van der Waals surface area contributed by atoms with Crippen molar-refractivity contribution < 1.29 is 4.79 Å². The summed E-state index contributed by atoms with van der Waals surface area (Å²) < 4.78 is 0. The van der Waals surface area contributed by atoms with Gasteiger partial charge in [-0.05, 0) is 49.1 Å². The number of hydrogen-bond donors (Lipinski definition) is 1. The molecule has 2 N–H and O–H groups in total. The van der Waals surface area contributed by atoms with Gasteiger partial charge in [0.2, 0.25) is 0 Å². The van der Waals surface area contributed by atoms with Crippen LogP contribution in [0.3, 0.4) is 0 Å². The van der Waals surface area contributed by atoms with E-state index in [9.17, 15) is 4.79 Å². The van der Waals surface area contributed by atoms with Gasteiger partial charge in [-0.3, -0.25) is 4.79 Å². The van der Waals surface area contributed by atoms with E-state index in [4.69, 9.17) is 17.3 Å². The van der Waals surface area contributed by atoms with Gasteiger partial charge in [0.25, 0.3) is 5.91 Å². The highest BCUT2D eigenvalue weighted by Crippen LogP contribution is 2.20. The van der Waals surface area contributed by atoms with Gasteiger partial charge < -0.3 is 10.6 Å². The van der Waals surface area contributed by atoms with Gasteiger partial charge in [-0.15, -0.1) is 0 Å². The molecule has 1 rings (SSSR count). The molecule has 0 saturated carbocycles. The lowest BCUT2D eigenvalue weighted by atomic mass is 9.92. The normalized spacial score (nSPS) is 11.5. The van der Waals surface area contributed by atoms with Gasteiger partial charge in [0, 0.05) is 23.7 Å². The molecule has 0 aliphatic carbocycles. The van der Waals surface area contributed by atoms with E-state index >= 15 is 0 Å². The van der Waals surface area contributed by atoms with Gasteiger partial charge in [-0.1, -0.05) is 32.4 Å². The van der Waals surface area contributed by atoms with Crippen LogP contribution >= 0.6 is 11.6 Å². The summed E-state index contributed by atoms with van der Waals surface area (Å²) in [4.78, 5) is 14.5. The topological polar surface area (TPSA) is 46.3 Å². The maximum Gasteiger partial charge on any atom is 0.253 e. The minimum absolute atomic E-state index is 0.0492. The van der Waals surface area contributed by atoms with Gasteiger partial charge in [-0.2, -0.15) is 0 Å². The summed E-state index contributed by atoms with van der Waals surface area (Å²) in [6, 6.07) is 5.42. The molecule has 0 heterocycles. The van der Waals surface area contributed by atoms with Crippen LogP contribution in [0.4, 0.5) is 0 Å². The summed E-state index contributed by atoms with van der Waals surface area (Å²) in [6.07, 6.45) is 0.930. The van der Waals surface area contributed by atoms with Gasteiger partial charge in [0.15, 0.2) is 0 Å². The van der Waals surface area contributed by atoms with E-state index in [2.05, 4.69) is 20.8 Å². The first-order chi connectivity index (χ1) is 9.30. The van der Waals surface area contributed by atoms with Crippen molar-refractivity contribution in [3.8, 4) is 0 Å². The highest BCUT2D eigenvalue weighted by atomic mass is 35.5. The molecule has 0 aliphatic heterocycles. The molecule has 0 atom stereocenters. The second-order valence-electron chi connectivity index (χ2n) is 6.06. The molecule has 0 spiro atoms. The Morgan fingerprint density at radius 2 is 2.05 bits per heavy atom. The Labute approximate surface area is 127 Å². The maximum absolute atomic E-state index is 12.6. The third kappa shape index (κ3) is 4.50. The minimum Gasteiger partial charge on any atom is -0.338 e.